The molecule has 0 fully saturated rings. The molecule has 3 rings (SSSR count). The van der Waals surface area contributed by atoms with Crippen molar-refractivity contribution in [2.45, 2.75) is 33.4 Å². The van der Waals surface area contributed by atoms with Crippen LogP contribution in [0.3, 0.4) is 0 Å². The standard InChI is InChI=1S/C16H20N4O/c1-3-6-17-8-13-7-14-10-19-20(16(14)18-9-13)11-15-5-4-12(2)21-15/h4-5,7,9-10,17H,3,6,8,11H2,1-2H3. The van der Waals surface area contributed by atoms with Crippen LogP contribution in [-0.4, -0.2) is 21.3 Å². The zero-order valence-corrected chi connectivity index (χ0v) is 12.5. The summed E-state index contributed by atoms with van der Waals surface area (Å²) in [5, 5.41) is 8.86. The molecule has 0 bridgehead atoms. The number of nitrogens with zero attached hydrogens (tertiary/aromatic N) is 3. The van der Waals surface area contributed by atoms with Gasteiger partial charge >= 0.3 is 0 Å². The summed E-state index contributed by atoms with van der Waals surface area (Å²) in [4.78, 5) is 4.54. The summed E-state index contributed by atoms with van der Waals surface area (Å²) >= 11 is 0. The Kier molecular flexibility index (Phi) is 4.01. The number of fused-ring (bicyclic) bond motifs is 1. The molecule has 0 saturated carbocycles. The third-order valence-corrected chi connectivity index (χ3v) is 3.39. The number of furan rings is 1. The number of rotatable bonds is 6. The monoisotopic (exact) mass is 284 g/mol. The van der Waals surface area contributed by atoms with Gasteiger partial charge in [0, 0.05) is 18.1 Å². The summed E-state index contributed by atoms with van der Waals surface area (Å²) in [6, 6.07) is 6.08. The lowest BCUT2D eigenvalue weighted by Crippen LogP contribution is -2.13. The fourth-order valence-corrected chi connectivity index (χ4v) is 2.36. The molecule has 3 aromatic rings. The minimum Gasteiger partial charge on any atom is -0.464 e. The molecule has 0 spiro atoms. The largest absolute Gasteiger partial charge is 0.464 e. The Labute approximate surface area is 124 Å². The number of pyridine rings is 1. The normalized spacial score (nSPS) is 11.3. The van der Waals surface area contributed by atoms with Crippen molar-refractivity contribution >= 4 is 11.0 Å². The van der Waals surface area contributed by atoms with Crippen LogP contribution >= 0.6 is 0 Å². The number of nitrogens with one attached hydrogen (secondary N) is 1. The van der Waals surface area contributed by atoms with Gasteiger partial charge in [-0.25, -0.2) is 9.67 Å². The highest BCUT2D eigenvalue weighted by Gasteiger charge is 2.07. The minimum absolute atomic E-state index is 0.609. The second kappa shape index (κ2) is 6.10. The molecule has 0 amide bonds. The lowest BCUT2D eigenvalue weighted by Gasteiger charge is -2.04. The summed E-state index contributed by atoms with van der Waals surface area (Å²) in [6.07, 6.45) is 4.91. The molecule has 110 valence electrons. The van der Waals surface area contributed by atoms with Gasteiger partial charge in [-0.15, -0.1) is 0 Å². The number of hydrogen-bond acceptors (Lipinski definition) is 4. The SMILES string of the molecule is CCCNCc1cnc2c(cnn2Cc2ccc(C)o2)c1. The summed E-state index contributed by atoms with van der Waals surface area (Å²) in [6.45, 7) is 6.58. The van der Waals surface area contributed by atoms with E-state index in [2.05, 4.69) is 28.4 Å². The second-order valence-electron chi connectivity index (χ2n) is 5.25. The average molecular weight is 284 g/mol. The van der Waals surface area contributed by atoms with E-state index in [9.17, 15) is 0 Å². The Morgan fingerprint density at radius 3 is 2.95 bits per heavy atom. The molecule has 0 aromatic carbocycles. The summed E-state index contributed by atoms with van der Waals surface area (Å²) < 4.78 is 7.47. The maximum atomic E-state index is 5.60. The maximum Gasteiger partial charge on any atom is 0.158 e. The highest BCUT2D eigenvalue weighted by molar-refractivity contribution is 5.75. The topological polar surface area (TPSA) is 55.9 Å². The number of aryl methyl sites for hydroxylation is 1. The molecule has 5 nitrogen and oxygen atoms in total. The fraction of sp³-hybridized carbons (Fsp3) is 0.375. The van der Waals surface area contributed by atoms with E-state index in [4.69, 9.17) is 4.42 Å². The van der Waals surface area contributed by atoms with Crippen LogP contribution in [0.15, 0.2) is 35.0 Å². The van der Waals surface area contributed by atoms with Crippen molar-refractivity contribution < 1.29 is 4.42 Å². The molecule has 1 N–H and O–H groups in total. The Morgan fingerprint density at radius 1 is 1.29 bits per heavy atom. The Hall–Kier alpha value is -2.14. The van der Waals surface area contributed by atoms with Crippen molar-refractivity contribution in [2.75, 3.05) is 6.54 Å². The van der Waals surface area contributed by atoms with E-state index in [0.717, 1.165) is 42.1 Å². The van der Waals surface area contributed by atoms with Gasteiger partial charge in [0.05, 0.1) is 6.20 Å². The summed E-state index contributed by atoms with van der Waals surface area (Å²) in [7, 11) is 0. The van der Waals surface area contributed by atoms with Gasteiger partial charge in [-0.2, -0.15) is 5.10 Å². The summed E-state index contributed by atoms with van der Waals surface area (Å²) in [5.74, 6) is 1.81. The van der Waals surface area contributed by atoms with Crippen LogP contribution in [-0.2, 0) is 13.1 Å². The molecule has 3 aromatic heterocycles. The molecule has 5 heteroatoms. The van der Waals surface area contributed by atoms with E-state index >= 15 is 0 Å². The van der Waals surface area contributed by atoms with Crippen molar-refractivity contribution in [3.05, 3.63) is 47.7 Å². The van der Waals surface area contributed by atoms with Gasteiger partial charge in [-0.1, -0.05) is 6.92 Å². The quantitative estimate of drug-likeness (QED) is 0.707. The third kappa shape index (κ3) is 3.13. The van der Waals surface area contributed by atoms with E-state index in [0.29, 0.717) is 6.54 Å². The fourth-order valence-electron chi connectivity index (χ4n) is 2.36. The molecule has 3 heterocycles. The Morgan fingerprint density at radius 2 is 2.19 bits per heavy atom. The zero-order chi connectivity index (χ0) is 14.7. The van der Waals surface area contributed by atoms with E-state index in [1.165, 1.54) is 5.56 Å². The zero-order valence-electron chi connectivity index (χ0n) is 12.5. The molecule has 0 aliphatic rings. The van der Waals surface area contributed by atoms with Crippen molar-refractivity contribution in [1.29, 1.82) is 0 Å². The van der Waals surface area contributed by atoms with Gasteiger partial charge in [0.25, 0.3) is 0 Å². The molecule has 0 radical (unpaired) electrons. The molecule has 0 unspecified atom stereocenters. The van der Waals surface area contributed by atoms with Gasteiger partial charge in [-0.3, -0.25) is 0 Å². The van der Waals surface area contributed by atoms with Crippen LogP contribution in [0, 0.1) is 6.92 Å². The van der Waals surface area contributed by atoms with E-state index < -0.39 is 0 Å². The first-order valence-electron chi connectivity index (χ1n) is 7.32. The van der Waals surface area contributed by atoms with Crippen LogP contribution in [0.2, 0.25) is 0 Å². The first-order chi connectivity index (χ1) is 10.3. The Balaban J connectivity index is 1.79. The van der Waals surface area contributed by atoms with Crippen molar-refractivity contribution in [1.82, 2.24) is 20.1 Å². The minimum atomic E-state index is 0.609. The molecule has 0 saturated heterocycles. The van der Waals surface area contributed by atoms with Crippen molar-refractivity contribution in [3.63, 3.8) is 0 Å². The summed E-state index contributed by atoms with van der Waals surface area (Å²) in [5.41, 5.74) is 2.08. The first-order valence-corrected chi connectivity index (χ1v) is 7.32. The molecule has 0 aliphatic heterocycles. The maximum absolute atomic E-state index is 5.60. The number of hydrogen-bond donors (Lipinski definition) is 1. The average Bonchev–Trinajstić information content (AvgIpc) is 3.06. The van der Waals surface area contributed by atoms with E-state index in [1.807, 2.05) is 36.1 Å². The van der Waals surface area contributed by atoms with E-state index in [-0.39, 0.29) is 0 Å². The lowest BCUT2D eigenvalue weighted by atomic mass is 10.2. The van der Waals surface area contributed by atoms with Crippen LogP contribution in [0.1, 0.15) is 30.4 Å². The van der Waals surface area contributed by atoms with Crippen LogP contribution in [0.4, 0.5) is 0 Å². The van der Waals surface area contributed by atoms with Gasteiger partial charge in [0.2, 0.25) is 0 Å². The van der Waals surface area contributed by atoms with Crippen LogP contribution in [0.25, 0.3) is 11.0 Å². The van der Waals surface area contributed by atoms with Gasteiger partial charge in [-0.05, 0) is 43.7 Å². The van der Waals surface area contributed by atoms with Crippen molar-refractivity contribution in [3.8, 4) is 0 Å². The molecule has 21 heavy (non-hydrogen) atoms. The molecule has 0 atom stereocenters. The Bertz CT molecular complexity index is 729. The molecule has 0 aliphatic carbocycles. The second-order valence-corrected chi connectivity index (χ2v) is 5.25. The predicted octanol–water partition coefficient (Wildman–Crippen LogP) is 2.88. The van der Waals surface area contributed by atoms with E-state index in [1.54, 1.807) is 0 Å². The van der Waals surface area contributed by atoms with Crippen LogP contribution in [0.5, 0.6) is 0 Å². The molecular formula is C16H20N4O. The first kappa shape index (κ1) is 13.8. The smallest absolute Gasteiger partial charge is 0.158 e. The molecular weight excluding hydrogens is 264 g/mol. The lowest BCUT2D eigenvalue weighted by molar-refractivity contribution is 0.462. The highest BCUT2D eigenvalue weighted by Crippen LogP contribution is 2.15. The van der Waals surface area contributed by atoms with Crippen molar-refractivity contribution in [2.24, 2.45) is 0 Å². The third-order valence-electron chi connectivity index (χ3n) is 3.39. The van der Waals surface area contributed by atoms with Gasteiger partial charge in [0.1, 0.15) is 18.1 Å². The highest BCUT2D eigenvalue weighted by atomic mass is 16.3. The van der Waals surface area contributed by atoms with Gasteiger partial charge in [0.15, 0.2) is 5.65 Å². The van der Waals surface area contributed by atoms with Crippen LogP contribution < -0.4 is 5.32 Å². The number of aromatic nitrogens is 3. The predicted molar refractivity (Wildman–Crippen MR) is 82.1 cm³/mol. The van der Waals surface area contributed by atoms with Gasteiger partial charge < -0.3 is 9.73 Å².